The number of aliphatic hydroxyl groups is 1. The fourth-order valence-corrected chi connectivity index (χ4v) is 2.43. The molecular formula is C12H20N2O6. The van der Waals surface area contributed by atoms with Crippen molar-refractivity contribution in [2.45, 2.75) is 37.8 Å². The van der Waals surface area contributed by atoms with Gasteiger partial charge in [0.25, 0.3) is 0 Å². The Balaban J connectivity index is 2.75. The minimum atomic E-state index is -1.28. The molecule has 0 aliphatic heterocycles. The summed E-state index contributed by atoms with van der Waals surface area (Å²) in [6.45, 7) is -1.36. The number of carboxylic acids is 2. The molecule has 2 amide bonds. The van der Waals surface area contributed by atoms with Crippen LogP contribution in [0.4, 0.5) is 4.79 Å². The Morgan fingerprint density at radius 1 is 1.05 bits per heavy atom. The van der Waals surface area contributed by atoms with E-state index in [1.54, 1.807) is 0 Å². The van der Waals surface area contributed by atoms with Gasteiger partial charge in [-0.3, -0.25) is 9.59 Å². The summed E-state index contributed by atoms with van der Waals surface area (Å²) in [5, 5.41) is 27.4. The van der Waals surface area contributed by atoms with E-state index in [0.717, 1.165) is 17.7 Å². The number of carboxylic acid groups (broad SMARTS) is 2. The van der Waals surface area contributed by atoms with Crippen LogP contribution in [0, 0.1) is 0 Å². The van der Waals surface area contributed by atoms with E-state index in [4.69, 9.17) is 10.2 Å². The molecule has 20 heavy (non-hydrogen) atoms. The Kier molecular flexibility index (Phi) is 5.75. The van der Waals surface area contributed by atoms with E-state index in [9.17, 15) is 19.5 Å². The van der Waals surface area contributed by atoms with E-state index >= 15 is 0 Å². The SMILES string of the molecule is CN(C(=O)N(CC(=O)O)CC(=O)O)C1CCCCC1O. The van der Waals surface area contributed by atoms with Gasteiger partial charge in [0.2, 0.25) is 0 Å². The molecule has 0 aromatic rings. The van der Waals surface area contributed by atoms with E-state index in [1.807, 2.05) is 0 Å². The van der Waals surface area contributed by atoms with E-state index in [2.05, 4.69) is 0 Å². The number of nitrogens with zero attached hydrogens (tertiary/aromatic N) is 2. The number of hydrogen-bond donors (Lipinski definition) is 3. The third kappa shape index (κ3) is 4.37. The number of likely N-dealkylation sites (N-methyl/N-ethyl adjacent to an activating group) is 1. The topological polar surface area (TPSA) is 118 Å². The maximum absolute atomic E-state index is 12.2. The van der Waals surface area contributed by atoms with Gasteiger partial charge in [-0.1, -0.05) is 12.8 Å². The number of aliphatic carboxylic acids is 2. The van der Waals surface area contributed by atoms with Crippen LogP contribution in [0.3, 0.4) is 0 Å². The average Bonchev–Trinajstić information content (AvgIpc) is 2.35. The number of aliphatic hydroxyl groups excluding tert-OH is 1. The summed E-state index contributed by atoms with van der Waals surface area (Å²) in [5.74, 6) is -2.56. The van der Waals surface area contributed by atoms with Crippen molar-refractivity contribution in [3.63, 3.8) is 0 Å². The van der Waals surface area contributed by atoms with Gasteiger partial charge in [-0.2, -0.15) is 0 Å². The van der Waals surface area contributed by atoms with Crippen molar-refractivity contribution in [2.75, 3.05) is 20.1 Å². The van der Waals surface area contributed by atoms with Crippen LogP contribution in [0.15, 0.2) is 0 Å². The van der Waals surface area contributed by atoms with Crippen molar-refractivity contribution < 1.29 is 29.7 Å². The zero-order valence-corrected chi connectivity index (χ0v) is 11.4. The van der Waals surface area contributed by atoms with Gasteiger partial charge in [0.1, 0.15) is 13.1 Å². The molecule has 1 aliphatic rings. The summed E-state index contributed by atoms with van der Waals surface area (Å²) in [6.07, 6.45) is 2.30. The van der Waals surface area contributed by atoms with Crippen molar-refractivity contribution in [3.05, 3.63) is 0 Å². The fourth-order valence-electron chi connectivity index (χ4n) is 2.43. The van der Waals surface area contributed by atoms with Crippen LogP contribution in [0.5, 0.6) is 0 Å². The van der Waals surface area contributed by atoms with Crippen molar-refractivity contribution in [2.24, 2.45) is 0 Å². The monoisotopic (exact) mass is 288 g/mol. The molecule has 114 valence electrons. The molecule has 0 aromatic heterocycles. The van der Waals surface area contributed by atoms with E-state index < -0.39 is 43.2 Å². The molecule has 2 unspecified atom stereocenters. The lowest BCUT2D eigenvalue weighted by molar-refractivity contribution is -0.140. The van der Waals surface area contributed by atoms with Gasteiger partial charge in [-0.05, 0) is 12.8 Å². The van der Waals surface area contributed by atoms with E-state index in [1.165, 1.54) is 11.9 Å². The first kappa shape index (κ1) is 16.2. The normalized spacial score (nSPS) is 22.1. The molecule has 1 saturated carbocycles. The number of hydrogen-bond acceptors (Lipinski definition) is 4. The highest BCUT2D eigenvalue weighted by Crippen LogP contribution is 2.23. The molecule has 0 aromatic carbocycles. The van der Waals surface area contributed by atoms with Gasteiger partial charge in [-0.25, -0.2) is 4.79 Å². The first-order chi connectivity index (χ1) is 9.32. The first-order valence-electron chi connectivity index (χ1n) is 6.46. The summed E-state index contributed by atoms with van der Waals surface area (Å²) < 4.78 is 0. The largest absolute Gasteiger partial charge is 0.480 e. The number of carbonyl (C=O) groups excluding carboxylic acids is 1. The molecule has 3 N–H and O–H groups in total. The maximum Gasteiger partial charge on any atom is 0.323 e. The summed E-state index contributed by atoms with van der Waals surface area (Å²) >= 11 is 0. The first-order valence-corrected chi connectivity index (χ1v) is 6.46. The second-order valence-corrected chi connectivity index (χ2v) is 4.96. The number of urea groups is 1. The molecule has 2 atom stereocenters. The summed E-state index contributed by atoms with van der Waals surface area (Å²) in [5.41, 5.74) is 0. The predicted molar refractivity (Wildman–Crippen MR) is 68.3 cm³/mol. The Bertz CT molecular complexity index is 370. The van der Waals surface area contributed by atoms with Crippen molar-refractivity contribution >= 4 is 18.0 Å². The average molecular weight is 288 g/mol. The molecule has 1 aliphatic carbocycles. The van der Waals surface area contributed by atoms with Crippen molar-refractivity contribution in [1.29, 1.82) is 0 Å². The van der Waals surface area contributed by atoms with E-state index in [0.29, 0.717) is 12.8 Å². The Hall–Kier alpha value is -1.83. The molecule has 0 spiro atoms. The smallest absolute Gasteiger partial charge is 0.323 e. The Morgan fingerprint density at radius 3 is 2.00 bits per heavy atom. The molecule has 8 heteroatoms. The lowest BCUT2D eigenvalue weighted by Crippen LogP contribution is -2.53. The maximum atomic E-state index is 12.2. The molecule has 1 fully saturated rings. The molecular weight excluding hydrogens is 268 g/mol. The molecule has 8 nitrogen and oxygen atoms in total. The Morgan fingerprint density at radius 2 is 1.55 bits per heavy atom. The number of rotatable bonds is 5. The highest BCUT2D eigenvalue weighted by molar-refractivity contribution is 5.84. The van der Waals surface area contributed by atoms with Gasteiger partial charge < -0.3 is 25.1 Å². The van der Waals surface area contributed by atoms with Crippen LogP contribution >= 0.6 is 0 Å². The minimum Gasteiger partial charge on any atom is -0.480 e. The number of amides is 2. The van der Waals surface area contributed by atoms with Crippen LogP contribution in [0.2, 0.25) is 0 Å². The highest BCUT2D eigenvalue weighted by Gasteiger charge is 2.32. The summed E-state index contributed by atoms with van der Waals surface area (Å²) in [4.78, 5) is 35.6. The zero-order chi connectivity index (χ0) is 15.3. The van der Waals surface area contributed by atoms with Gasteiger partial charge in [-0.15, -0.1) is 0 Å². The zero-order valence-electron chi connectivity index (χ0n) is 11.4. The summed E-state index contributed by atoms with van der Waals surface area (Å²) in [7, 11) is 1.46. The third-order valence-electron chi connectivity index (χ3n) is 3.42. The second-order valence-electron chi connectivity index (χ2n) is 4.96. The predicted octanol–water partition coefficient (Wildman–Crippen LogP) is -0.187. The third-order valence-corrected chi connectivity index (χ3v) is 3.42. The highest BCUT2D eigenvalue weighted by atomic mass is 16.4. The van der Waals surface area contributed by atoms with Crippen LogP contribution in [-0.2, 0) is 9.59 Å². The van der Waals surface area contributed by atoms with Crippen LogP contribution in [0.25, 0.3) is 0 Å². The number of carbonyl (C=O) groups is 3. The summed E-state index contributed by atoms with van der Waals surface area (Å²) in [6, 6.07) is -1.10. The molecule has 0 heterocycles. The minimum absolute atomic E-state index is 0.402. The van der Waals surface area contributed by atoms with Crippen molar-refractivity contribution in [3.8, 4) is 0 Å². The van der Waals surface area contributed by atoms with Gasteiger partial charge in [0, 0.05) is 7.05 Å². The van der Waals surface area contributed by atoms with Gasteiger partial charge in [0.05, 0.1) is 12.1 Å². The standard InChI is InChI=1S/C12H20N2O6/c1-13(8-4-2-3-5-9(8)15)12(20)14(6-10(16)17)7-11(18)19/h8-9,15H,2-7H2,1H3,(H,16,17)(H,18,19). The lowest BCUT2D eigenvalue weighted by Gasteiger charge is -2.37. The Labute approximate surface area is 116 Å². The molecule has 0 bridgehead atoms. The van der Waals surface area contributed by atoms with Gasteiger partial charge >= 0.3 is 18.0 Å². The second kappa shape index (κ2) is 7.09. The lowest BCUT2D eigenvalue weighted by atomic mass is 9.92. The molecule has 1 rings (SSSR count). The molecule has 0 saturated heterocycles. The fraction of sp³-hybridized carbons (Fsp3) is 0.750. The molecule has 0 radical (unpaired) electrons. The van der Waals surface area contributed by atoms with Crippen LogP contribution in [-0.4, -0.2) is 75.4 Å². The van der Waals surface area contributed by atoms with Crippen molar-refractivity contribution in [1.82, 2.24) is 9.80 Å². The van der Waals surface area contributed by atoms with E-state index in [-0.39, 0.29) is 0 Å². The van der Waals surface area contributed by atoms with Gasteiger partial charge in [0.15, 0.2) is 0 Å². The van der Waals surface area contributed by atoms with Crippen LogP contribution < -0.4 is 0 Å². The van der Waals surface area contributed by atoms with Crippen LogP contribution in [0.1, 0.15) is 25.7 Å². The quantitative estimate of drug-likeness (QED) is 0.645.